The van der Waals surface area contributed by atoms with Crippen LogP contribution in [-0.4, -0.2) is 9.13 Å². The molecule has 0 fully saturated rings. The molecule has 0 unspecified atom stereocenters. The third-order valence-corrected chi connectivity index (χ3v) is 11.2. The van der Waals surface area contributed by atoms with Crippen LogP contribution in [-0.2, 0) is 0 Å². The number of hydrogen-bond acceptors (Lipinski definition) is 0. The normalized spacial score (nSPS) is 11.6. The maximum absolute atomic E-state index is 4.19. The number of fused-ring (bicyclic) bond motifs is 4. The van der Waals surface area contributed by atoms with Crippen molar-refractivity contribution in [3.63, 3.8) is 0 Å². The standard InChI is InChI=1S/C55H40N2/c1-3-15-48-49-20-8-11-23-53(49)56(52(48)4-2)46-30-26-39(27-31-46)41-18-14-19-42(34-41)45-36-43(38-16-6-5-7-17-38)35-44(37-45)40-28-32-47(33-29-40)57-54-24-12-9-21-50(54)51-22-10-13-25-55(51)57/h3-37H,2H2,1H3/b15-3-. The van der Waals surface area contributed by atoms with E-state index in [-0.39, 0.29) is 0 Å². The van der Waals surface area contributed by atoms with Gasteiger partial charge in [0.05, 0.1) is 22.2 Å². The van der Waals surface area contributed by atoms with E-state index in [1.165, 1.54) is 82.8 Å². The maximum Gasteiger partial charge on any atom is 0.0541 e. The van der Waals surface area contributed by atoms with E-state index < -0.39 is 0 Å². The highest BCUT2D eigenvalue weighted by Crippen LogP contribution is 2.37. The Hall–Kier alpha value is -7.42. The topological polar surface area (TPSA) is 9.86 Å². The zero-order valence-electron chi connectivity index (χ0n) is 31.8. The lowest BCUT2D eigenvalue weighted by atomic mass is 9.92. The van der Waals surface area contributed by atoms with Crippen molar-refractivity contribution in [3.8, 4) is 55.9 Å². The molecule has 0 bridgehead atoms. The predicted molar refractivity (Wildman–Crippen MR) is 244 cm³/mol. The second kappa shape index (κ2) is 14.3. The average molecular weight is 729 g/mol. The van der Waals surface area contributed by atoms with Crippen LogP contribution in [0.4, 0.5) is 0 Å². The summed E-state index contributed by atoms with van der Waals surface area (Å²) in [5.74, 6) is 0. The molecule has 10 aromatic rings. The van der Waals surface area contributed by atoms with Crippen LogP contribution in [0.3, 0.4) is 0 Å². The Morgan fingerprint density at radius 3 is 1.33 bits per heavy atom. The molecule has 0 spiro atoms. The van der Waals surface area contributed by atoms with E-state index in [2.05, 4.69) is 229 Å². The first-order valence-corrected chi connectivity index (χ1v) is 19.6. The third-order valence-electron chi connectivity index (χ3n) is 11.2. The molecule has 0 N–H and O–H groups in total. The molecule has 0 amide bonds. The van der Waals surface area contributed by atoms with Gasteiger partial charge in [-0.05, 0) is 124 Å². The molecule has 0 radical (unpaired) electrons. The summed E-state index contributed by atoms with van der Waals surface area (Å²) in [5, 5.41) is 3.76. The molecule has 270 valence electrons. The summed E-state index contributed by atoms with van der Waals surface area (Å²) in [4.78, 5) is 0. The van der Waals surface area contributed by atoms with Gasteiger partial charge in [-0.15, -0.1) is 0 Å². The molecule has 2 heteroatoms. The van der Waals surface area contributed by atoms with Gasteiger partial charge in [0.1, 0.15) is 0 Å². The van der Waals surface area contributed by atoms with Crippen LogP contribution in [0.1, 0.15) is 18.2 Å². The smallest absolute Gasteiger partial charge is 0.0541 e. The highest BCUT2D eigenvalue weighted by Gasteiger charge is 2.16. The van der Waals surface area contributed by atoms with Crippen molar-refractivity contribution in [1.82, 2.24) is 9.13 Å². The molecule has 2 nitrogen and oxygen atoms in total. The fourth-order valence-electron chi connectivity index (χ4n) is 8.55. The zero-order chi connectivity index (χ0) is 38.3. The number of allylic oxidation sites excluding steroid dienone is 1. The Balaban J connectivity index is 1.03. The molecule has 2 heterocycles. The van der Waals surface area contributed by atoms with Gasteiger partial charge in [0.2, 0.25) is 0 Å². The van der Waals surface area contributed by atoms with E-state index in [1.54, 1.807) is 0 Å². The molecule has 0 saturated heterocycles. The first-order chi connectivity index (χ1) is 28.2. The van der Waals surface area contributed by atoms with Gasteiger partial charge in [0.15, 0.2) is 0 Å². The predicted octanol–water partition coefficient (Wildman–Crippen LogP) is 15.1. The van der Waals surface area contributed by atoms with Gasteiger partial charge >= 0.3 is 0 Å². The van der Waals surface area contributed by atoms with E-state index in [9.17, 15) is 0 Å². The Bertz CT molecular complexity index is 3070. The molecule has 0 aliphatic rings. The highest BCUT2D eigenvalue weighted by atomic mass is 15.0. The summed E-state index contributed by atoms with van der Waals surface area (Å²) in [7, 11) is 0. The van der Waals surface area contributed by atoms with Crippen molar-refractivity contribution in [2.24, 2.45) is 0 Å². The molecule has 0 atom stereocenters. The molecule has 0 aliphatic heterocycles. The Morgan fingerprint density at radius 2 is 0.772 bits per heavy atom. The second-order valence-corrected chi connectivity index (χ2v) is 14.6. The molecular weight excluding hydrogens is 689 g/mol. The van der Waals surface area contributed by atoms with Crippen molar-refractivity contribution < 1.29 is 0 Å². The van der Waals surface area contributed by atoms with Crippen LogP contribution in [0.15, 0.2) is 207 Å². The van der Waals surface area contributed by atoms with Crippen LogP contribution in [0.2, 0.25) is 0 Å². The van der Waals surface area contributed by atoms with Gasteiger partial charge in [-0.1, -0.05) is 146 Å². The lowest BCUT2D eigenvalue weighted by Crippen LogP contribution is -1.97. The molecular formula is C55H40N2. The minimum absolute atomic E-state index is 1.10. The van der Waals surface area contributed by atoms with Crippen LogP contribution in [0.5, 0.6) is 0 Å². The molecule has 0 aliphatic carbocycles. The summed E-state index contributed by atoms with van der Waals surface area (Å²) < 4.78 is 4.68. The molecule has 0 saturated carbocycles. The van der Waals surface area contributed by atoms with E-state index in [0.29, 0.717) is 0 Å². The Morgan fingerprint density at radius 1 is 0.368 bits per heavy atom. The van der Waals surface area contributed by atoms with Crippen LogP contribution in [0, 0.1) is 0 Å². The van der Waals surface area contributed by atoms with Gasteiger partial charge in [0.25, 0.3) is 0 Å². The largest absolute Gasteiger partial charge is 0.309 e. The van der Waals surface area contributed by atoms with Crippen LogP contribution >= 0.6 is 0 Å². The van der Waals surface area contributed by atoms with Gasteiger partial charge in [-0.25, -0.2) is 0 Å². The first kappa shape index (κ1) is 34.1. The summed E-state index contributed by atoms with van der Waals surface area (Å²) >= 11 is 0. The monoisotopic (exact) mass is 728 g/mol. The summed E-state index contributed by atoms with van der Waals surface area (Å²) in [5.41, 5.74) is 17.6. The highest BCUT2D eigenvalue weighted by molar-refractivity contribution is 6.09. The van der Waals surface area contributed by atoms with E-state index in [1.807, 2.05) is 6.08 Å². The maximum atomic E-state index is 4.19. The number of benzene rings is 8. The second-order valence-electron chi connectivity index (χ2n) is 14.6. The zero-order valence-corrected chi connectivity index (χ0v) is 31.8. The van der Waals surface area contributed by atoms with Crippen molar-refractivity contribution >= 4 is 44.9 Å². The fourth-order valence-corrected chi connectivity index (χ4v) is 8.55. The van der Waals surface area contributed by atoms with E-state index in [0.717, 1.165) is 17.1 Å². The minimum atomic E-state index is 1.10. The quantitative estimate of drug-likeness (QED) is 0.147. The number of nitrogens with zero attached hydrogens (tertiary/aromatic N) is 2. The van der Waals surface area contributed by atoms with Crippen LogP contribution in [0.25, 0.3) is 101 Å². The summed E-state index contributed by atoms with van der Waals surface area (Å²) in [6.45, 7) is 6.25. The van der Waals surface area contributed by atoms with Crippen molar-refractivity contribution in [2.75, 3.05) is 0 Å². The number of para-hydroxylation sites is 3. The van der Waals surface area contributed by atoms with Gasteiger partial charge < -0.3 is 9.13 Å². The first-order valence-electron chi connectivity index (χ1n) is 19.6. The SMILES string of the molecule is C=Cc1c(/C=C\C)c2ccccc2n1-c1ccc(-c2cccc(-c3cc(-c4ccccc4)cc(-c4ccc(-n5c6ccccc6c6ccccc65)cc4)c3)c2)cc1. The Labute approximate surface area is 333 Å². The van der Waals surface area contributed by atoms with E-state index >= 15 is 0 Å². The van der Waals surface area contributed by atoms with E-state index in [4.69, 9.17) is 0 Å². The molecule has 57 heavy (non-hydrogen) atoms. The van der Waals surface area contributed by atoms with Crippen molar-refractivity contribution in [2.45, 2.75) is 6.92 Å². The van der Waals surface area contributed by atoms with Gasteiger partial charge in [-0.3, -0.25) is 0 Å². The van der Waals surface area contributed by atoms with Crippen LogP contribution < -0.4 is 0 Å². The lowest BCUT2D eigenvalue weighted by molar-refractivity contribution is 1.11. The van der Waals surface area contributed by atoms with Crippen molar-refractivity contribution in [3.05, 3.63) is 218 Å². The van der Waals surface area contributed by atoms with Crippen molar-refractivity contribution in [1.29, 1.82) is 0 Å². The summed E-state index contributed by atoms with van der Waals surface area (Å²) in [6.07, 6.45) is 6.23. The summed E-state index contributed by atoms with van der Waals surface area (Å²) in [6, 6.07) is 70.5. The number of rotatable bonds is 8. The Kier molecular flexibility index (Phi) is 8.58. The van der Waals surface area contributed by atoms with Gasteiger partial charge in [-0.2, -0.15) is 0 Å². The minimum Gasteiger partial charge on any atom is -0.309 e. The molecule has 10 rings (SSSR count). The lowest BCUT2D eigenvalue weighted by Gasteiger charge is -2.14. The number of hydrogen-bond donors (Lipinski definition) is 0. The van der Waals surface area contributed by atoms with Gasteiger partial charge in [0, 0.05) is 33.1 Å². The molecule has 2 aromatic heterocycles. The average Bonchev–Trinajstić information content (AvgIpc) is 3.79. The number of aromatic nitrogens is 2. The third kappa shape index (κ3) is 6.00. The fraction of sp³-hybridized carbons (Fsp3) is 0.0182. The molecule has 8 aromatic carbocycles.